The maximum atomic E-state index is 12.2. The standard InChI is InChI=1S/C15H15ClN2O2/c1-18(10-11-5-3-6-12(9-11)20-2)15(19)13-7-4-8-14(16)17-13/h3-9H,10H2,1-2H3. The number of ether oxygens (including phenoxy) is 1. The fraction of sp³-hybridized carbons (Fsp3) is 0.200. The lowest BCUT2D eigenvalue weighted by Gasteiger charge is -2.17. The van der Waals surface area contributed by atoms with Gasteiger partial charge in [0.05, 0.1) is 7.11 Å². The molecule has 0 aliphatic carbocycles. The predicted molar refractivity (Wildman–Crippen MR) is 78.0 cm³/mol. The van der Waals surface area contributed by atoms with E-state index in [1.54, 1.807) is 37.3 Å². The van der Waals surface area contributed by atoms with Crippen LogP contribution in [0, 0.1) is 0 Å². The van der Waals surface area contributed by atoms with Gasteiger partial charge in [-0.2, -0.15) is 0 Å². The van der Waals surface area contributed by atoms with Crippen LogP contribution in [0.2, 0.25) is 5.15 Å². The molecule has 20 heavy (non-hydrogen) atoms. The Morgan fingerprint density at radius 3 is 2.75 bits per heavy atom. The van der Waals surface area contributed by atoms with Crippen molar-refractivity contribution in [2.45, 2.75) is 6.54 Å². The van der Waals surface area contributed by atoms with Gasteiger partial charge in [0.15, 0.2) is 0 Å². The summed E-state index contributed by atoms with van der Waals surface area (Å²) in [7, 11) is 3.34. The number of methoxy groups -OCH3 is 1. The van der Waals surface area contributed by atoms with Crippen LogP contribution in [0.25, 0.3) is 0 Å². The number of hydrogen-bond acceptors (Lipinski definition) is 3. The van der Waals surface area contributed by atoms with Crippen molar-refractivity contribution in [1.29, 1.82) is 0 Å². The molecule has 1 heterocycles. The van der Waals surface area contributed by atoms with E-state index in [1.165, 1.54) is 0 Å². The molecular weight excluding hydrogens is 276 g/mol. The third kappa shape index (κ3) is 3.48. The van der Waals surface area contributed by atoms with Crippen molar-refractivity contribution in [3.8, 4) is 5.75 Å². The molecule has 1 amide bonds. The first-order chi connectivity index (χ1) is 9.60. The lowest BCUT2D eigenvalue weighted by atomic mass is 10.2. The molecule has 0 saturated heterocycles. The molecule has 4 nitrogen and oxygen atoms in total. The van der Waals surface area contributed by atoms with Crippen LogP contribution in [0.3, 0.4) is 0 Å². The van der Waals surface area contributed by atoms with Crippen molar-refractivity contribution in [2.75, 3.05) is 14.2 Å². The molecule has 0 radical (unpaired) electrons. The number of benzene rings is 1. The number of hydrogen-bond donors (Lipinski definition) is 0. The first-order valence-electron chi connectivity index (χ1n) is 6.11. The topological polar surface area (TPSA) is 42.4 Å². The number of rotatable bonds is 4. The molecule has 0 spiro atoms. The second-order valence-corrected chi connectivity index (χ2v) is 4.75. The van der Waals surface area contributed by atoms with Gasteiger partial charge in [-0.3, -0.25) is 4.79 Å². The fourth-order valence-electron chi connectivity index (χ4n) is 1.84. The largest absolute Gasteiger partial charge is 0.497 e. The summed E-state index contributed by atoms with van der Waals surface area (Å²) < 4.78 is 5.16. The molecule has 0 atom stereocenters. The summed E-state index contributed by atoms with van der Waals surface area (Å²) in [6.07, 6.45) is 0. The first kappa shape index (κ1) is 14.3. The Bertz CT molecular complexity index is 616. The Morgan fingerprint density at radius 2 is 2.05 bits per heavy atom. The lowest BCUT2D eigenvalue weighted by Crippen LogP contribution is -2.27. The van der Waals surface area contributed by atoms with E-state index in [0.717, 1.165) is 11.3 Å². The van der Waals surface area contributed by atoms with E-state index in [2.05, 4.69) is 4.98 Å². The number of carbonyl (C=O) groups is 1. The molecule has 104 valence electrons. The van der Waals surface area contributed by atoms with Crippen molar-refractivity contribution < 1.29 is 9.53 Å². The quantitative estimate of drug-likeness (QED) is 0.813. The zero-order valence-corrected chi connectivity index (χ0v) is 12.1. The van der Waals surface area contributed by atoms with E-state index in [0.29, 0.717) is 17.4 Å². The third-order valence-electron chi connectivity index (χ3n) is 2.83. The van der Waals surface area contributed by atoms with Gasteiger partial charge in [-0.15, -0.1) is 0 Å². The molecule has 0 unspecified atom stereocenters. The van der Waals surface area contributed by atoms with Gasteiger partial charge >= 0.3 is 0 Å². The number of halogens is 1. The summed E-state index contributed by atoms with van der Waals surface area (Å²) in [6.45, 7) is 0.476. The van der Waals surface area contributed by atoms with E-state index in [1.807, 2.05) is 24.3 Å². The Labute approximate surface area is 123 Å². The van der Waals surface area contributed by atoms with Gasteiger partial charge in [-0.25, -0.2) is 4.98 Å². The molecule has 0 aliphatic heterocycles. The highest BCUT2D eigenvalue weighted by molar-refractivity contribution is 6.29. The summed E-state index contributed by atoms with van der Waals surface area (Å²) in [5.41, 5.74) is 1.32. The molecule has 0 N–H and O–H groups in total. The Balaban J connectivity index is 2.11. The van der Waals surface area contributed by atoms with E-state index in [4.69, 9.17) is 16.3 Å². The van der Waals surface area contributed by atoms with Crippen molar-refractivity contribution in [1.82, 2.24) is 9.88 Å². The maximum Gasteiger partial charge on any atom is 0.272 e. The molecule has 0 fully saturated rings. The summed E-state index contributed by atoms with van der Waals surface area (Å²) in [6, 6.07) is 12.6. The number of carbonyl (C=O) groups excluding carboxylic acids is 1. The van der Waals surface area contributed by atoms with Gasteiger partial charge in [0.2, 0.25) is 0 Å². The lowest BCUT2D eigenvalue weighted by molar-refractivity contribution is 0.0779. The molecule has 2 aromatic rings. The van der Waals surface area contributed by atoms with E-state index < -0.39 is 0 Å². The number of nitrogens with zero attached hydrogens (tertiary/aromatic N) is 2. The molecule has 0 saturated carbocycles. The highest BCUT2D eigenvalue weighted by Crippen LogP contribution is 2.15. The van der Waals surface area contributed by atoms with Crippen LogP contribution in [0.15, 0.2) is 42.5 Å². The average Bonchev–Trinajstić information content (AvgIpc) is 2.46. The highest BCUT2D eigenvalue weighted by Gasteiger charge is 2.13. The van der Waals surface area contributed by atoms with Gasteiger partial charge in [0, 0.05) is 13.6 Å². The molecule has 1 aromatic heterocycles. The average molecular weight is 291 g/mol. The highest BCUT2D eigenvalue weighted by atomic mass is 35.5. The predicted octanol–water partition coefficient (Wildman–Crippen LogP) is 3.02. The van der Waals surface area contributed by atoms with E-state index >= 15 is 0 Å². The van der Waals surface area contributed by atoms with Gasteiger partial charge in [-0.05, 0) is 29.8 Å². The fourth-order valence-corrected chi connectivity index (χ4v) is 2.00. The Kier molecular flexibility index (Phi) is 4.58. The van der Waals surface area contributed by atoms with Crippen molar-refractivity contribution in [2.24, 2.45) is 0 Å². The summed E-state index contributed by atoms with van der Waals surface area (Å²) >= 11 is 5.79. The van der Waals surface area contributed by atoms with Crippen LogP contribution in [0.5, 0.6) is 5.75 Å². The number of aromatic nitrogens is 1. The number of pyridine rings is 1. The van der Waals surface area contributed by atoms with Crippen LogP contribution in [0.4, 0.5) is 0 Å². The molecule has 5 heteroatoms. The monoisotopic (exact) mass is 290 g/mol. The Morgan fingerprint density at radius 1 is 1.30 bits per heavy atom. The zero-order chi connectivity index (χ0) is 14.5. The second kappa shape index (κ2) is 6.39. The molecule has 2 rings (SSSR count). The minimum atomic E-state index is -0.171. The summed E-state index contributed by atoms with van der Waals surface area (Å²) in [4.78, 5) is 17.8. The minimum Gasteiger partial charge on any atom is -0.497 e. The van der Waals surface area contributed by atoms with E-state index in [-0.39, 0.29) is 5.91 Å². The van der Waals surface area contributed by atoms with Gasteiger partial charge in [-0.1, -0.05) is 29.8 Å². The van der Waals surface area contributed by atoms with Crippen molar-refractivity contribution in [3.63, 3.8) is 0 Å². The molecule has 0 bridgehead atoms. The second-order valence-electron chi connectivity index (χ2n) is 4.36. The summed E-state index contributed by atoms with van der Waals surface area (Å²) in [5, 5.41) is 0.311. The van der Waals surface area contributed by atoms with Crippen LogP contribution >= 0.6 is 11.6 Å². The summed E-state index contributed by atoms with van der Waals surface area (Å²) in [5.74, 6) is 0.597. The molecule has 0 aliphatic rings. The normalized spacial score (nSPS) is 10.2. The van der Waals surface area contributed by atoms with Gasteiger partial charge in [0.1, 0.15) is 16.6 Å². The SMILES string of the molecule is COc1cccc(CN(C)C(=O)c2cccc(Cl)n2)c1. The third-order valence-corrected chi connectivity index (χ3v) is 3.05. The Hall–Kier alpha value is -2.07. The van der Waals surface area contributed by atoms with Crippen LogP contribution in [-0.2, 0) is 6.54 Å². The van der Waals surface area contributed by atoms with E-state index in [9.17, 15) is 4.79 Å². The van der Waals surface area contributed by atoms with Gasteiger partial charge in [0.25, 0.3) is 5.91 Å². The maximum absolute atomic E-state index is 12.2. The first-order valence-corrected chi connectivity index (χ1v) is 6.49. The van der Waals surface area contributed by atoms with Gasteiger partial charge < -0.3 is 9.64 Å². The minimum absolute atomic E-state index is 0.171. The van der Waals surface area contributed by atoms with Crippen LogP contribution in [-0.4, -0.2) is 29.9 Å². The van der Waals surface area contributed by atoms with Crippen molar-refractivity contribution >= 4 is 17.5 Å². The van der Waals surface area contributed by atoms with Crippen LogP contribution < -0.4 is 4.74 Å². The molecule has 1 aromatic carbocycles. The smallest absolute Gasteiger partial charge is 0.272 e. The van der Waals surface area contributed by atoms with Crippen LogP contribution in [0.1, 0.15) is 16.1 Å². The molecular formula is C15H15ClN2O2. The van der Waals surface area contributed by atoms with Crippen molar-refractivity contribution in [3.05, 3.63) is 58.9 Å². The zero-order valence-electron chi connectivity index (χ0n) is 11.3. The number of amides is 1.